The molecule has 162 valence electrons. The Balaban J connectivity index is 2.00. The number of halogens is 2. The van der Waals surface area contributed by atoms with Gasteiger partial charge in [-0.2, -0.15) is 4.31 Å². The highest BCUT2D eigenvalue weighted by Gasteiger charge is 2.23. The molecule has 0 saturated carbocycles. The van der Waals surface area contributed by atoms with Crippen molar-refractivity contribution in [3.8, 4) is 0 Å². The van der Waals surface area contributed by atoms with Crippen molar-refractivity contribution >= 4 is 44.4 Å². The first-order valence-corrected chi connectivity index (χ1v) is 12.6. The van der Waals surface area contributed by atoms with Crippen molar-refractivity contribution in [3.05, 3.63) is 52.8 Å². The summed E-state index contributed by atoms with van der Waals surface area (Å²) in [6.45, 7) is 8.52. The highest BCUT2D eigenvalue weighted by atomic mass is 35.5. The minimum atomic E-state index is -3.57. The minimum Gasteiger partial charge on any atom is -0.316 e. The number of benzene rings is 2. The molecule has 5 nitrogen and oxygen atoms in total. The van der Waals surface area contributed by atoms with E-state index in [-0.39, 0.29) is 16.8 Å². The maximum atomic E-state index is 14.1. The number of hydrogen-bond acceptors (Lipinski definition) is 4. The summed E-state index contributed by atoms with van der Waals surface area (Å²) in [4.78, 5) is 4.90. The van der Waals surface area contributed by atoms with Gasteiger partial charge in [0.15, 0.2) is 5.16 Å². The second kappa shape index (κ2) is 9.26. The molecule has 0 N–H and O–H groups in total. The van der Waals surface area contributed by atoms with Crippen LogP contribution < -0.4 is 0 Å². The molecule has 3 rings (SSSR count). The van der Waals surface area contributed by atoms with E-state index in [0.717, 1.165) is 5.52 Å². The molecule has 0 aliphatic carbocycles. The van der Waals surface area contributed by atoms with Gasteiger partial charge in [0.05, 0.1) is 15.9 Å². The Morgan fingerprint density at radius 3 is 2.47 bits per heavy atom. The first-order valence-electron chi connectivity index (χ1n) is 9.77. The van der Waals surface area contributed by atoms with E-state index in [2.05, 4.69) is 4.98 Å². The molecule has 0 amide bonds. The molecule has 2 aromatic carbocycles. The van der Waals surface area contributed by atoms with Gasteiger partial charge in [0.2, 0.25) is 10.0 Å². The number of aromatic nitrogens is 2. The van der Waals surface area contributed by atoms with Crippen LogP contribution in [0.15, 0.2) is 46.5 Å². The lowest BCUT2D eigenvalue weighted by Crippen LogP contribution is -2.30. The number of nitrogens with zero attached hydrogens (tertiary/aromatic N) is 3. The molecule has 0 bridgehead atoms. The molecule has 0 unspecified atom stereocenters. The van der Waals surface area contributed by atoms with Crippen molar-refractivity contribution in [2.24, 2.45) is 0 Å². The van der Waals surface area contributed by atoms with E-state index in [1.807, 2.05) is 32.3 Å². The molecule has 0 radical (unpaired) electrons. The zero-order chi connectivity index (χ0) is 22.1. The maximum Gasteiger partial charge on any atom is 0.243 e. The Morgan fingerprint density at radius 1 is 1.17 bits per heavy atom. The van der Waals surface area contributed by atoms with E-state index in [9.17, 15) is 12.8 Å². The van der Waals surface area contributed by atoms with E-state index in [1.165, 1.54) is 22.1 Å². The molecule has 30 heavy (non-hydrogen) atoms. The highest BCUT2D eigenvalue weighted by Crippen LogP contribution is 2.32. The van der Waals surface area contributed by atoms with E-state index < -0.39 is 10.0 Å². The molecule has 0 fully saturated rings. The average molecular weight is 470 g/mol. The fraction of sp³-hybridized carbons (Fsp3) is 0.381. The summed E-state index contributed by atoms with van der Waals surface area (Å²) in [5.74, 6) is 0.0405. The Hall–Kier alpha value is -1.61. The second-order valence-electron chi connectivity index (χ2n) is 7.12. The fourth-order valence-electron chi connectivity index (χ4n) is 3.31. The van der Waals surface area contributed by atoms with E-state index in [0.29, 0.717) is 40.1 Å². The second-order valence-corrected chi connectivity index (χ2v) is 10.4. The van der Waals surface area contributed by atoms with Crippen molar-refractivity contribution in [2.75, 3.05) is 13.1 Å². The molecule has 1 aromatic heterocycles. The van der Waals surface area contributed by atoms with Crippen LogP contribution in [0.2, 0.25) is 5.02 Å². The number of fused-ring (bicyclic) bond motifs is 1. The largest absolute Gasteiger partial charge is 0.316 e. The summed E-state index contributed by atoms with van der Waals surface area (Å²) in [5, 5.41) is 1.07. The standard InChI is InChI=1S/C21H25ClFN3O2S2/c1-5-25(6-2)30(27,28)17-9-10-20-19(12-17)24-21(26(20)14(3)4)29-13-15-7-8-16(22)11-18(15)23/h7-12,14H,5-6,13H2,1-4H3. The third-order valence-electron chi connectivity index (χ3n) is 4.86. The molecule has 9 heteroatoms. The number of thioether (sulfide) groups is 1. The first kappa shape index (κ1) is 23.1. The Bertz CT molecular complexity index is 1160. The van der Waals surface area contributed by atoms with Gasteiger partial charge >= 0.3 is 0 Å². The highest BCUT2D eigenvalue weighted by molar-refractivity contribution is 7.98. The van der Waals surface area contributed by atoms with Crippen LogP contribution in [0, 0.1) is 5.82 Å². The molecule has 1 heterocycles. The summed E-state index contributed by atoms with van der Waals surface area (Å²) in [6, 6.07) is 9.79. The van der Waals surface area contributed by atoms with Crippen LogP contribution in [0.25, 0.3) is 11.0 Å². The van der Waals surface area contributed by atoms with E-state index >= 15 is 0 Å². The number of sulfonamides is 1. The lowest BCUT2D eigenvalue weighted by Gasteiger charge is -2.18. The van der Waals surface area contributed by atoms with Crippen molar-refractivity contribution in [1.82, 2.24) is 13.9 Å². The Kier molecular flexibility index (Phi) is 7.12. The monoisotopic (exact) mass is 469 g/mol. The summed E-state index contributed by atoms with van der Waals surface area (Å²) < 4.78 is 43.4. The van der Waals surface area contributed by atoms with E-state index in [4.69, 9.17) is 11.6 Å². The van der Waals surface area contributed by atoms with Gasteiger partial charge in [-0.15, -0.1) is 0 Å². The van der Waals surface area contributed by atoms with Crippen molar-refractivity contribution < 1.29 is 12.8 Å². The average Bonchev–Trinajstić information content (AvgIpc) is 3.05. The predicted molar refractivity (Wildman–Crippen MR) is 121 cm³/mol. The molecule has 0 atom stereocenters. The van der Waals surface area contributed by atoms with Crippen LogP contribution >= 0.6 is 23.4 Å². The van der Waals surface area contributed by atoms with Crippen LogP contribution in [0.3, 0.4) is 0 Å². The quantitative estimate of drug-likeness (QED) is 0.395. The third kappa shape index (κ3) is 4.51. The van der Waals surface area contributed by atoms with Crippen LogP contribution in [0.4, 0.5) is 4.39 Å². The molecule has 0 aliphatic rings. The summed E-state index contributed by atoms with van der Waals surface area (Å²) in [6.07, 6.45) is 0. The van der Waals surface area contributed by atoms with Crippen molar-refractivity contribution in [2.45, 2.75) is 49.5 Å². The van der Waals surface area contributed by atoms with Gasteiger partial charge in [-0.3, -0.25) is 0 Å². The first-order chi connectivity index (χ1) is 14.2. The molecule has 0 aliphatic heterocycles. The lowest BCUT2D eigenvalue weighted by molar-refractivity contribution is 0.445. The van der Waals surface area contributed by atoms with Gasteiger partial charge in [-0.25, -0.2) is 17.8 Å². The summed E-state index contributed by atoms with van der Waals surface area (Å²) in [5.41, 5.74) is 2.00. The summed E-state index contributed by atoms with van der Waals surface area (Å²) >= 11 is 7.25. The van der Waals surface area contributed by atoms with Gasteiger partial charge in [0, 0.05) is 29.9 Å². The van der Waals surface area contributed by atoms with E-state index in [1.54, 1.807) is 30.3 Å². The smallest absolute Gasteiger partial charge is 0.243 e. The van der Waals surface area contributed by atoms with Crippen LogP contribution in [0.5, 0.6) is 0 Å². The number of hydrogen-bond donors (Lipinski definition) is 0. The van der Waals surface area contributed by atoms with Crippen LogP contribution in [0.1, 0.15) is 39.3 Å². The molecular formula is C21H25ClFN3O2S2. The molecule has 3 aromatic rings. The van der Waals surface area contributed by atoms with Crippen molar-refractivity contribution in [3.63, 3.8) is 0 Å². The van der Waals surface area contributed by atoms with Crippen LogP contribution in [-0.2, 0) is 15.8 Å². The topological polar surface area (TPSA) is 55.2 Å². The minimum absolute atomic E-state index is 0.109. The Morgan fingerprint density at radius 2 is 1.87 bits per heavy atom. The Labute approximate surface area is 186 Å². The zero-order valence-electron chi connectivity index (χ0n) is 17.4. The number of imidazole rings is 1. The van der Waals surface area contributed by atoms with Gasteiger partial charge in [0.1, 0.15) is 5.82 Å². The fourth-order valence-corrected chi connectivity index (χ4v) is 6.08. The number of rotatable bonds is 8. The molecule has 0 saturated heterocycles. The predicted octanol–water partition coefficient (Wildman–Crippen LogP) is 5.73. The van der Waals surface area contributed by atoms with Gasteiger partial charge in [-0.05, 0) is 49.7 Å². The normalized spacial score (nSPS) is 12.4. The summed E-state index contributed by atoms with van der Waals surface area (Å²) in [7, 11) is -3.57. The van der Waals surface area contributed by atoms with Crippen molar-refractivity contribution in [1.29, 1.82) is 0 Å². The zero-order valence-corrected chi connectivity index (χ0v) is 19.8. The van der Waals surface area contributed by atoms with Gasteiger partial charge in [0.25, 0.3) is 0 Å². The lowest BCUT2D eigenvalue weighted by atomic mass is 10.2. The third-order valence-corrected chi connectivity index (χ3v) is 8.14. The van der Waals surface area contributed by atoms with Gasteiger partial charge in [-0.1, -0.05) is 43.3 Å². The SMILES string of the molecule is CCN(CC)S(=O)(=O)c1ccc2c(c1)nc(SCc1ccc(Cl)cc1F)n2C(C)C. The maximum absolute atomic E-state index is 14.1. The van der Waals surface area contributed by atoms with Gasteiger partial charge < -0.3 is 4.57 Å². The van der Waals surface area contributed by atoms with Crippen LogP contribution in [-0.4, -0.2) is 35.4 Å². The molecule has 0 spiro atoms. The molecular weight excluding hydrogens is 445 g/mol.